The van der Waals surface area contributed by atoms with Gasteiger partial charge < -0.3 is 14.4 Å². The van der Waals surface area contributed by atoms with E-state index in [1.165, 1.54) is 0 Å². The van der Waals surface area contributed by atoms with Gasteiger partial charge in [0.1, 0.15) is 0 Å². The van der Waals surface area contributed by atoms with Crippen molar-refractivity contribution in [2.75, 3.05) is 18.9 Å². The van der Waals surface area contributed by atoms with Crippen LogP contribution in [-0.2, 0) is 14.3 Å². The summed E-state index contributed by atoms with van der Waals surface area (Å²) in [6.45, 7) is 13.7. The zero-order valence-electron chi connectivity index (χ0n) is 14.7. The van der Waals surface area contributed by atoms with Crippen LogP contribution in [0.2, 0.25) is 0 Å². The molecule has 2 atom stereocenters. The number of carbonyl (C=O) groups is 1. The molecule has 0 spiro atoms. The first-order valence-electron chi connectivity index (χ1n) is 8.14. The highest BCUT2D eigenvalue weighted by molar-refractivity contribution is 8.77. The van der Waals surface area contributed by atoms with Gasteiger partial charge in [-0.3, -0.25) is 4.79 Å². The molecular formula is C16H31NO3S2. The molecule has 0 aromatic heterocycles. The van der Waals surface area contributed by atoms with Crippen LogP contribution in [0.1, 0.15) is 48.0 Å². The van der Waals surface area contributed by atoms with Crippen molar-refractivity contribution in [1.82, 2.24) is 4.90 Å². The highest BCUT2D eigenvalue weighted by Crippen LogP contribution is 2.28. The average molecular weight is 350 g/mol. The minimum atomic E-state index is 0.132. The van der Waals surface area contributed by atoms with E-state index in [-0.39, 0.29) is 30.3 Å². The van der Waals surface area contributed by atoms with Crippen LogP contribution in [0, 0.1) is 0 Å². The number of ether oxygens (including phenoxy) is 2. The number of likely N-dealkylation sites (tertiary alicyclic amines) is 1. The monoisotopic (exact) mass is 349 g/mol. The Morgan fingerprint density at radius 2 is 1.86 bits per heavy atom. The molecule has 130 valence electrons. The van der Waals surface area contributed by atoms with Gasteiger partial charge >= 0.3 is 0 Å². The van der Waals surface area contributed by atoms with Crippen molar-refractivity contribution < 1.29 is 14.3 Å². The molecule has 1 rings (SSSR count). The van der Waals surface area contributed by atoms with E-state index in [0.29, 0.717) is 24.2 Å². The molecule has 1 aliphatic heterocycles. The summed E-state index contributed by atoms with van der Waals surface area (Å²) in [5.41, 5.74) is 0. The van der Waals surface area contributed by atoms with Gasteiger partial charge in [-0.25, -0.2) is 0 Å². The van der Waals surface area contributed by atoms with Crippen molar-refractivity contribution in [2.45, 2.75) is 77.6 Å². The molecule has 0 aromatic rings. The van der Waals surface area contributed by atoms with Crippen LogP contribution in [0.25, 0.3) is 0 Å². The van der Waals surface area contributed by atoms with Crippen LogP contribution in [0.4, 0.5) is 0 Å². The van der Waals surface area contributed by atoms with Crippen LogP contribution < -0.4 is 0 Å². The van der Waals surface area contributed by atoms with Crippen LogP contribution in [0.3, 0.4) is 0 Å². The van der Waals surface area contributed by atoms with Gasteiger partial charge in [-0.1, -0.05) is 35.4 Å². The maximum atomic E-state index is 12.5. The van der Waals surface area contributed by atoms with Gasteiger partial charge in [-0.05, 0) is 34.1 Å². The van der Waals surface area contributed by atoms with Gasteiger partial charge in [0.2, 0.25) is 5.91 Å². The lowest BCUT2D eigenvalue weighted by Crippen LogP contribution is -2.40. The predicted molar refractivity (Wildman–Crippen MR) is 96.4 cm³/mol. The third kappa shape index (κ3) is 7.57. The Kier molecular flexibility index (Phi) is 9.21. The van der Waals surface area contributed by atoms with Crippen LogP contribution in [0.5, 0.6) is 0 Å². The quantitative estimate of drug-likeness (QED) is 0.595. The molecule has 1 heterocycles. The number of hydrogen-bond donors (Lipinski definition) is 0. The molecule has 1 saturated heterocycles. The molecule has 1 amide bonds. The smallest absolute Gasteiger partial charge is 0.233 e. The molecule has 0 unspecified atom stereocenters. The van der Waals surface area contributed by atoms with Crippen molar-refractivity contribution in [3.8, 4) is 0 Å². The molecule has 0 bridgehead atoms. The van der Waals surface area contributed by atoms with E-state index in [4.69, 9.17) is 9.47 Å². The minimum absolute atomic E-state index is 0.132. The predicted octanol–water partition coefficient (Wildman–Crippen LogP) is 3.60. The van der Waals surface area contributed by atoms with Gasteiger partial charge in [-0.2, -0.15) is 0 Å². The van der Waals surface area contributed by atoms with E-state index >= 15 is 0 Å². The van der Waals surface area contributed by atoms with Crippen molar-refractivity contribution in [3.05, 3.63) is 0 Å². The topological polar surface area (TPSA) is 38.8 Å². The number of amides is 1. The molecule has 0 N–H and O–H groups in total. The van der Waals surface area contributed by atoms with E-state index in [0.717, 1.165) is 6.42 Å². The largest absolute Gasteiger partial charge is 0.377 e. The third-order valence-corrected chi connectivity index (χ3v) is 6.03. The van der Waals surface area contributed by atoms with Gasteiger partial charge in [0.15, 0.2) is 0 Å². The summed E-state index contributed by atoms with van der Waals surface area (Å²) in [6, 6.07) is 0.142. The lowest BCUT2D eigenvalue weighted by molar-refractivity contribution is -0.131. The fourth-order valence-electron chi connectivity index (χ4n) is 2.43. The number of carbonyl (C=O) groups excluding carboxylic acids is 1. The molecular weight excluding hydrogens is 318 g/mol. The zero-order valence-corrected chi connectivity index (χ0v) is 16.3. The van der Waals surface area contributed by atoms with Crippen molar-refractivity contribution in [3.63, 3.8) is 0 Å². The summed E-state index contributed by atoms with van der Waals surface area (Å²) in [6.07, 6.45) is 1.39. The molecule has 0 radical (unpaired) electrons. The highest BCUT2D eigenvalue weighted by Gasteiger charge is 2.36. The van der Waals surface area contributed by atoms with Gasteiger partial charge in [0.05, 0.1) is 36.7 Å². The van der Waals surface area contributed by atoms with Crippen LogP contribution in [0.15, 0.2) is 0 Å². The van der Waals surface area contributed by atoms with Gasteiger partial charge in [-0.15, -0.1) is 0 Å². The Hall–Kier alpha value is 0.0900. The van der Waals surface area contributed by atoms with Crippen molar-refractivity contribution in [1.29, 1.82) is 0 Å². The fourth-order valence-corrected chi connectivity index (χ4v) is 4.36. The Morgan fingerprint density at radius 1 is 1.18 bits per heavy atom. The molecule has 0 aromatic carbocycles. The standard InChI is InChI=1S/C16H31NO3S2/c1-11(2)19-9-14-7-15(20-12(3)4)8-17(14)16(18)10-21-22-13(5)6/h11-15H,7-10H2,1-6H3/t14-,15+/m0/s1. The lowest BCUT2D eigenvalue weighted by Gasteiger charge is -2.25. The van der Waals surface area contributed by atoms with Crippen LogP contribution in [-0.4, -0.2) is 59.3 Å². The second-order valence-electron chi connectivity index (χ2n) is 6.53. The average Bonchev–Trinajstić information content (AvgIpc) is 2.77. The Morgan fingerprint density at radius 3 is 2.41 bits per heavy atom. The summed E-state index contributed by atoms with van der Waals surface area (Å²) in [7, 11) is 3.40. The van der Waals surface area contributed by atoms with Gasteiger partial charge in [0, 0.05) is 11.8 Å². The summed E-state index contributed by atoms with van der Waals surface area (Å²) < 4.78 is 11.7. The summed E-state index contributed by atoms with van der Waals surface area (Å²) in [5.74, 6) is 0.723. The molecule has 22 heavy (non-hydrogen) atoms. The lowest BCUT2D eigenvalue weighted by atomic mass is 10.2. The second-order valence-corrected chi connectivity index (χ2v) is 9.48. The number of nitrogens with zero attached hydrogens (tertiary/aromatic N) is 1. The SMILES string of the molecule is CC(C)OC[C@@H]1C[C@@H](OC(C)C)CN1C(=O)CSSC(C)C. The molecule has 1 aliphatic rings. The minimum Gasteiger partial charge on any atom is -0.377 e. The Balaban J connectivity index is 2.54. The first kappa shape index (κ1) is 20.1. The Bertz CT molecular complexity index is 337. The maximum Gasteiger partial charge on any atom is 0.233 e. The molecule has 0 saturated carbocycles. The third-order valence-electron chi connectivity index (χ3n) is 3.23. The summed E-state index contributed by atoms with van der Waals surface area (Å²) in [4.78, 5) is 14.5. The second kappa shape index (κ2) is 10.1. The van der Waals surface area contributed by atoms with E-state index < -0.39 is 0 Å². The first-order chi connectivity index (χ1) is 10.3. The first-order valence-corrected chi connectivity index (χ1v) is 10.5. The number of hydrogen-bond acceptors (Lipinski definition) is 5. The van der Waals surface area contributed by atoms with E-state index in [1.54, 1.807) is 21.6 Å². The van der Waals surface area contributed by atoms with E-state index in [1.807, 2.05) is 32.6 Å². The van der Waals surface area contributed by atoms with Gasteiger partial charge in [0.25, 0.3) is 0 Å². The molecule has 1 fully saturated rings. The van der Waals surface area contributed by atoms with Crippen molar-refractivity contribution in [2.24, 2.45) is 0 Å². The fraction of sp³-hybridized carbons (Fsp3) is 0.938. The zero-order chi connectivity index (χ0) is 16.7. The van der Waals surface area contributed by atoms with Crippen LogP contribution >= 0.6 is 21.6 Å². The summed E-state index contributed by atoms with van der Waals surface area (Å²) >= 11 is 0. The number of rotatable bonds is 9. The molecule has 0 aliphatic carbocycles. The molecule has 4 nitrogen and oxygen atoms in total. The maximum absolute atomic E-state index is 12.5. The Labute approximate surface area is 143 Å². The summed E-state index contributed by atoms with van der Waals surface area (Å²) in [5, 5.41) is 0.536. The van der Waals surface area contributed by atoms with Crippen molar-refractivity contribution >= 4 is 27.5 Å². The van der Waals surface area contributed by atoms with E-state index in [9.17, 15) is 4.79 Å². The van der Waals surface area contributed by atoms with E-state index in [2.05, 4.69) is 13.8 Å². The molecule has 6 heteroatoms. The normalized spacial score (nSPS) is 22.3. The highest BCUT2D eigenvalue weighted by atomic mass is 33.1.